The number of H-pyrrole nitrogens is 2. The largest absolute Gasteiger partial charge is 0.347 e. The summed E-state index contributed by atoms with van der Waals surface area (Å²) in [6.07, 6.45) is 5.86. The summed E-state index contributed by atoms with van der Waals surface area (Å²) in [6, 6.07) is 10.2. The zero-order valence-corrected chi connectivity index (χ0v) is 12.2. The van der Waals surface area contributed by atoms with Gasteiger partial charge in [0, 0.05) is 30.0 Å². The second-order valence-electron chi connectivity index (χ2n) is 5.81. The molecule has 0 radical (unpaired) electrons. The van der Waals surface area contributed by atoms with E-state index in [-0.39, 0.29) is 11.6 Å². The van der Waals surface area contributed by atoms with Crippen LogP contribution in [-0.4, -0.2) is 26.4 Å². The van der Waals surface area contributed by atoms with Crippen molar-refractivity contribution in [3.8, 4) is 0 Å². The molecule has 1 fully saturated rings. The number of nitrogens with zero attached hydrogens (tertiary/aromatic N) is 2. The van der Waals surface area contributed by atoms with Crippen molar-refractivity contribution in [1.29, 1.82) is 0 Å². The number of likely N-dealkylation sites (tertiary alicyclic amines) is 1. The summed E-state index contributed by atoms with van der Waals surface area (Å²) < 4.78 is 0. The van der Waals surface area contributed by atoms with E-state index in [1.807, 2.05) is 36.5 Å². The van der Waals surface area contributed by atoms with Gasteiger partial charge in [-0.1, -0.05) is 18.2 Å². The topological polar surface area (TPSA) is 64.8 Å². The lowest BCUT2D eigenvalue weighted by Crippen LogP contribution is -2.27. The maximum atomic E-state index is 12.3. The van der Waals surface area contributed by atoms with Crippen LogP contribution in [0.15, 0.2) is 47.5 Å². The zero-order valence-electron chi connectivity index (χ0n) is 12.2. The fourth-order valence-corrected chi connectivity index (χ4v) is 3.31. The van der Waals surface area contributed by atoms with E-state index in [4.69, 9.17) is 0 Å². The average molecular weight is 294 g/mol. The van der Waals surface area contributed by atoms with Crippen molar-refractivity contribution >= 4 is 10.9 Å². The van der Waals surface area contributed by atoms with Gasteiger partial charge in [-0.05, 0) is 36.9 Å². The van der Waals surface area contributed by atoms with Crippen LogP contribution in [0, 0.1) is 0 Å². The van der Waals surface area contributed by atoms with Gasteiger partial charge in [0.1, 0.15) is 5.82 Å². The quantitative estimate of drug-likeness (QED) is 0.780. The minimum atomic E-state index is 0.00351. The Morgan fingerprint density at radius 1 is 1.32 bits per heavy atom. The van der Waals surface area contributed by atoms with Gasteiger partial charge < -0.3 is 9.97 Å². The molecule has 5 nitrogen and oxygen atoms in total. The minimum Gasteiger partial charge on any atom is -0.347 e. The summed E-state index contributed by atoms with van der Waals surface area (Å²) in [6.45, 7) is 1.66. The average Bonchev–Trinajstić information content (AvgIpc) is 3.18. The number of nitrogens with one attached hydrogen (secondary N) is 2. The Morgan fingerprint density at radius 3 is 3.09 bits per heavy atom. The number of benzene rings is 1. The van der Waals surface area contributed by atoms with Crippen LogP contribution in [0.5, 0.6) is 0 Å². The van der Waals surface area contributed by atoms with Crippen molar-refractivity contribution in [1.82, 2.24) is 19.9 Å². The number of hydrogen-bond donors (Lipinski definition) is 2. The monoisotopic (exact) mass is 294 g/mol. The van der Waals surface area contributed by atoms with E-state index in [2.05, 4.69) is 19.9 Å². The van der Waals surface area contributed by atoms with Crippen molar-refractivity contribution in [3.63, 3.8) is 0 Å². The highest BCUT2D eigenvalue weighted by Crippen LogP contribution is 2.30. The maximum absolute atomic E-state index is 12.3. The summed E-state index contributed by atoms with van der Waals surface area (Å²) in [5, 5.41) is 1.07. The van der Waals surface area contributed by atoms with E-state index in [1.54, 1.807) is 6.20 Å². The molecule has 1 aliphatic heterocycles. The number of aromatic amines is 2. The molecule has 1 unspecified atom stereocenters. The molecular weight excluding hydrogens is 276 g/mol. The predicted octanol–water partition coefficient (Wildman–Crippen LogP) is 2.59. The number of fused-ring (bicyclic) bond motifs is 1. The third-order valence-electron chi connectivity index (χ3n) is 4.40. The van der Waals surface area contributed by atoms with Crippen molar-refractivity contribution in [2.45, 2.75) is 25.4 Å². The molecule has 2 aromatic heterocycles. The van der Waals surface area contributed by atoms with Crippen LogP contribution in [0.2, 0.25) is 0 Å². The summed E-state index contributed by atoms with van der Waals surface area (Å²) in [4.78, 5) is 25.2. The number of pyridine rings is 1. The maximum Gasteiger partial charge on any atom is 0.252 e. The summed E-state index contributed by atoms with van der Waals surface area (Å²) in [5.74, 6) is 0.995. The number of rotatable bonds is 3. The van der Waals surface area contributed by atoms with Gasteiger partial charge in [-0.2, -0.15) is 0 Å². The Bertz CT molecular complexity index is 837. The highest BCUT2D eigenvalue weighted by atomic mass is 16.1. The molecule has 0 saturated carbocycles. The van der Waals surface area contributed by atoms with Crippen molar-refractivity contribution in [3.05, 3.63) is 64.5 Å². The first-order valence-corrected chi connectivity index (χ1v) is 7.65. The number of imidazole rings is 1. The molecule has 0 amide bonds. The third-order valence-corrected chi connectivity index (χ3v) is 4.40. The van der Waals surface area contributed by atoms with E-state index < -0.39 is 0 Å². The normalized spacial score (nSPS) is 19.0. The Labute approximate surface area is 128 Å². The standard InChI is InChI=1S/C17H18N4O/c22-17-13(10-12-4-1-2-5-14(12)20-17)11-21-9-3-6-15(21)16-18-7-8-19-16/h1-2,4-5,7-8,10,15H,3,6,9,11H2,(H,18,19)(H,20,22). The van der Waals surface area contributed by atoms with Gasteiger partial charge in [-0.3, -0.25) is 9.69 Å². The molecule has 3 aromatic rings. The van der Waals surface area contributed by atoms with E-state index >= 15 is 0 Å². The summed E-state index contributed by atoms with van der Waals surface area (Å²) in [5.41, 5.74) is 1.71. The molecule has 4 rings (SSSR count). The molecule has 5 heteroatoms. The van der Waals surface area contributed by atoms with Crippen molar-refractivity contribution in [2.24, 2.45) is 0 Å². The van der Waals surface area contributed by atoms with Crippen LogP contribution in [0.1, 0.15) is 30.3 Å². The third kappa shape index (κ3) is 2.33. The molecule has 1 aromatic carbocycles. The highest BCUT2D eigenvalue weighted by molar-refractivity contribution is 5.78. The van der Waals surface area contributed by atoms with Crippen molar-refractivity contribution in [2.75, 3.05) is 6.54 Å². The highest BCUT2D eigenvalue weighted by Gasteiger charge is 2.28. The molecule has 1 saturated heterocycles. The second kappa shape index (κ2) is 5.42. The fraction of sp³-hybridized carbons (Fsp3) is 0.294. The van der Waals surface area contributed by atoms with Gasteiger partial charge in [-0.15, -0.1) is 0 Å². The predicted molar refractivity (Wildman–Crippen MR) is 85.5 cm³/mol. The second-order valence-corrected chi connectivity index (χ2v) is 5.81. The van der Waals surface area contributed by atoms with Crippen LogP contribution in [0.3, 0.4) is 0 Å². The van der Waals surface area contributed by atoms with Gasteiger partial charge in [0.25, 0.3) is 5.56 Å². The Morgan fingerprint density at radius 2 is 2.23 bits per heavy atom. The van der Waals surface area contributed by atoms with Crippen LogP contribution in [-0.2, 0) is 6.54 Å². The number of aromatic nitrogens is 3. The summed E-state index contributed by atoms with van der Waals surface area (Å²) in [7, 11) is 0. The van der Waals surface area contributed by atoms with Crippen molar-refractivity contribution < 1.29 is 0 Å². The molecule has 112 valence electrons. The van der Waals surface area contributed by atoms with Gasteiger partial charge >= 0.3 is 0 Å². The molecule has 3 heterocycles. The molecule has 0 bridgehead atoms. The summed E-state index contributed by atoms with van der Waals surface area (Å²) >= 11 is 0. The molecule has 22 heavy (non-hydrogen) atoms. The first kappa shape index (κ1) is 13.3. The van der Waals surface area contributed by atoms with E-state index in [1.165, 1.54) is 0 Å². The first-order valence-electron chi connectivity index (χ1n) is 7.65. The SMILES string of the molecule is O=c1[nH]c2ccccc2cc1CN1CCCC1c1ncc[nH]1. The van der Waals surface area contributed by atoms with Gasteiger partial charge in [0.05, 0.1) is 6.04 Å². The van der Waals surface area contributed by atoms with E-state index in [9.17, 15) is 4.79 Å². The smallest absolute Gasteiger partial charge is 0.252 e. The lowest BCUT2D eigenvalue weighted by molar-refractivity contribution is 0.240. The molecule has 0 spiro atoms. The van der Waals surface area contributed by atoms with Gasteiger partial charge in [0.15, 0.2) is 0 Å². The van der Waals surface area contributed by atoms with Crippen LogP contribution in [0.25, 0.3) is 10.9 Å². The molecule has 0 aliphatic carbocycles. The lowest BCUT2D eigenvalue weighted by Gasteiger charge is -2.22. The van der Waals surface area contributed by atoms with Crippen LogP contribution >= 0.6 is 0 Å². The Hall–Kier alpha value is -2.40. The molecule has 1 atom stereocenters. The Kier molecular flexibility index (Phi) is 3.27. The number of hydrogen-bond acceptors (Lipinski definition) is 3. The minimum absolute atomic E-state index is 0.00351. The van der Waals surface area contributed by atoms with Gasteiger partial charge in [0.2, 0.25) is 0 Å². The zero-order chi connectivity index (χ0) is 14.9. The number of para-hydroxylation sites is 1. The first-order chi connectivity index (χ1) is 10.8. The van der Waals surface area contributed by atoms with E-state index in [0.717, 1.165) is 41.7 Å². The van der Waals surface area contributed by atoms with E-state index in [0.29, 0.717) is 6.54 Å². The Balaban J connectivity index is 1.65. The fourth-order valence-electron chi connectivity index (χ4n) is 3.31. The molecule has 1 aliphatic rings. The van der Waals surface area contributed by atoms with Gasteiger partial charge in [-0.25, -0.2) is 4.98 Å². The van der Waals surface area contributed by atoms with Crippen LogP contribution < -0.4 is 5.56 Å². The van der Waals surface area contributed by atoms with Crippen LogP contribution in [0.4, 0.5) is 0 Å². The molecular formula is C17H18N4O. The molecule has 2 N–H and O–H groups in total. The lowest BCUT2D eigenvalue weighted by atomic mass is 10.1.